The van der Waals surface area contributed by atoms with Gasteiger partial charge in [-0.15, -0.1) is 0 Å². The van der Waals surface area contributed by atoms with Crippen LogP contribution < -0.4 is 5.32 Å². The van der Waals surface area contributed by atoms with Gasteiger partial charge in [0, 0.05) is 54.9 Å². The van der Waals surface area contributed by atoms with Crippen molar-refractivity contribution in [2.45, 2.75) is 0 Å². The van der Waals surface area contributed by atoms with E-state index in [1.54, 1.807) is 28.0 Å². The first kappa shape index (κ1) is 18.4. The van der Waals surface area contributed by atoms with Gasteiger partial charge in [-0.25, -0.2) is 9.97 Å². The molecule has 9 heteroatoms. The van der Waals surface area contributed by atoms with E-state index in [4.69, 9.17) is 5.11 Å². The number of carboxylic acids is 1. The highest BCUT2D eigenvalue weighted by molar-refractivity contribution is 5.79. The zero-order valence-electron chi connectivity index (χ0n) is 15.9. The van der Waals surface area contributed by atoms with Gasteiger partial charge < -0.3 is 10.4 Å². The number of nitrogens with one attached hydrogen (secondary N) is 1. The van der Waals surface area contributed by atoms with E-state index in [0.717, 1.165) is 22.3 Å². The number of nitrogens with zero attached hydrogens (tertiary/aromatic N) is 6. The van der Waals surface area contributed by atoms with Gasteiger partial charge in [0.1, 0.15) is 12.4 Å². The Hall–Kier alpha value is -4.01. The van der Waals surface area contributed by atoms with Crippen LogP contribution in [0.25, 0.3) is 33.6 Å². The fourth-order valence-corrected chi connectivity index (χ4v) is 2.99. The third-order valence-corrected chi connectivity index (χ3v) is 4.37. The number of anilines is 1. The van der Waals surface area contributed by atoms with E-state index >= 15 is 0 Å². The number of rotatable bonds is 6. The van der Waals surface area contributed by atoms with Crippen molar-refractivity contribution in [3.05, 3.63) is 55.2 Å². The lowest BCUT2D eigenvalue weighted by Crippen LogP contribution is -2.14. The Kier molecular flexibility index (Phi) is 4.78. The first-order valence-corrected chi connectivity index (χ1v) is 8.91. The standard InChI is InChI=1S/C20H19N7O2/c1-26-11-15(7-23-26)13-4-3-5-14(6-13)19-21-9-17(16-8-24-27(2)12-16)20(25-19)22-10-18(28)29/h3-9,11-12H,10H2,1-2H3,(H,28,29)(H,21,22,25). The van der Waals surface area contributed by atoms with Crippen LogP contribution in [0.5, 0.6) is 0 Å². The Morgan fingerprint density at radius 2 is 1.69 bits per heavy atom. The Morgan fingerprint density at radius 1 is 1.00 bits per heavy atom. The second-order valence-electron chi connectivity index (χ2n) is 6.59. The fraction of sp³-hybridized carbons (Fsp3) is 0.150. The lowest BCUT2D eigenvalue weighted by molar-refractivity contribution is -0.134. The Balaban J connectivity index is 1.74. The van der Waals surface area contributed by atoms with Gasteiger partial charge in [0.05, 0.1) is 12.4 Å². The number of aryl methyl sites for hydroxylation is 2. The Bertz CT molecular complexity index is 1180. The summed E-state index contributed by atoms with van der Waals surface area (Å²) in [5.74, 6) is -0.0330. The zero-order chi connectivity index (χ0) is 20.4. The maximum Gasteiger partial charge on any atom is 0.322 e. The van der Waals surface area contributed by atoms with Gasteiger partial charge in [-0.2, -0.15) is 10.2 Å². The number of hydrogen-bond donors (Lipinski definition) is 2. The number of hydrogen-bond acceptors (Lipinski definition) is 6. The van der Waals surface area contributed by atoms with Crippen LogP contribution in [0, 0.1) is 0 Å². The van der Waals surface area contributed by atoms with E-state index in [0.29, 0.717) is 17.2 Å². The second kappa shape index (κ2) is 7.55. The molecule has 29 heavy (non-hydrogen) atoms. The molecule has 0 atom stereocenters. The predicted octanol–water partition coefficient (Wildman–Crippen LogP) is 2.44. The van der Waals surface area contributed by atoms with E-state index in [-0.39, 0.29) is 6.54 Å². The first-order chi connectivity index (χ1) is 14.0. The van der Waals surface area contributed by atoms with Crippen molar-refractivity contribution >= 4 is 11.8 Å². The van der Waals surface area contributed by atoms with Crippen LogP contribution in [0.15, 0.2) is 55.2 Å². The van der Waals surface area contributed by atoms with Gasteiger partial charge in [0.2, 0.25) is 0 Å². The molecule has 0 saturated carbocycles. The molecule has 4 aromatic rings. The SMILES string of the molecule is Cn1cc(-c2cccc(-c3ncc(-c4cnn(C)c4)c(NCC(=O)O)n3)c2)cn1. The largest absolute Gasteiger partial charge is 0.480 e. The summed E-state index contributed by atoms with van der Waals surface area (Å²) >= 11 is 0. The summed E-state index contributed by atoms with van der Waals surface area (Å²) in [5, 5.41) is 20.3. The van der Waals surface area contributed by atoms with E-state index in [1.165, 1.54) is 0 Å². The van der Waals surface area contributed by atoms with Crippen molar-refractivity contribution in [2.75, 3.05) is 11.9 Å². The van der Waals surface area contributed by atoms with Gasteiger partial charge in [-0.05, 0) is 11.6 Å². The number of carboxylic acid groups (broad SMARTS) is 1. The van der Waals surface area contributed by atoms with E-state index in [2.05, 4.69) is 25.5 Å². The van der Waals surface area contributed by atoms with Gasteiger partial charge in [0.15, 0.2) is 5.82 Å². The second-order valence-corrected chi connectivity index (χ2v) is 6.59. The number of aliphatic carboxylic acids is 1. The number of aromatic nitrogens is 6. The van der Waals surface area contributed by atoms with Crippen molar-refractivity contribution in [3.8, 4) is 33.6 Å². The molecule has 0 spiro atoms. The highest BCUT2D eigenvalue weighted by Gasteiger charge is 2.14. The summed E-state index contributed by atoms with van der Waals surface area (Å²) in [7, 11) is 3.68. The molecule has 2 N–H and O–H groups in total. The van der Waals surface area contributed by atoms with Gasteiger partial charge in [-0.1, -0.05) is 18.2 Å². The third-order valence-electron chi connectivity index (χ3n) is 4.37. The molecule has 0 fully saturated rings. The number of benzene rings is 1. The van der Waals surface area contributed by atoms with Gasteiger partial charge in [-0.3, -0.25) is 14.2 Å². The van der Waals surface area contributed by atoms with Crippen LogP contribution in [0.1, 0.15) is 0 Å². The average Bonchev–Trinajstić information content (AvgIpc) is 3.34. The topological polar surface area (TPSA) is 111 Å². The van der Waals surface area contributed by atoms with Crippen LogP contribution in [0.4, 0.5) is 5.82 Å². The smallest absolute Gasteiger partial charge is 0.322 e. The lowest BCUT2D eigenvalue weighted by Gasteiger charge is -2.11. The molecule has 0 aliphatic carbocycles. The van der Waals surface area contributed by atoms with Crippen molar-refractivity contribution in [3.63, 3.8) is 0 Å². The van der Waals surface area contributed by atoms with Crippen LogP contribution in [0.3, 0.4) is 0 Å². The highest BCUT2D eigenvalue weighted by atomic mass is 16.4. The molecule has 9 nitrogen and oxygen atoms in total. The van der Waals surface area contributed by atoms with Gasteiger partial charge >= 0.3 is 5.97 Å². The fourth-order valence-electron chi connectivity index (χ4n) is 2.99. The minimum Gasteiger partial charge on any atom is -0.480 e. The third kappa shape index (κ3) is 3.98. The zero-order valence-corrected chi connectivity index (χ0v) is 15.9. The van der Waals surface area contributed by atoms with Crippen LogP contribution in [-0.2, 0) is 18.9 Å². The van der Waals surface area contributed by atoms with E-state index in [1.807, 2.05) is 50.8 Å². The van der Waals surface area contributed by atoms with Crippen molar-refractivity contribution in [1.29, 1.82) is 0 Å². The predicted molar refractivity (Wildman–Crippen MR) is 108 cm³/mol. The molecular weight excluding hydrogens is 370 g/mol. The number of carbonyl (C=O) groups is 1. The Morgan fingerprint density at radius 3 is 2.34 bits per heavy atom. The summed E-state index contributed by atoms with van der Waals surface area (Å²) < 4.78 is 3.41. The van der Waals surface area contributed by atoms with Crippen LogP contribution >= 0.6 is 0 Å². The molecule has 0 aliphatic heterocycles. The lowest BCUT2D eigenvalue weighted by atomic mass is 10.1. The first-order valence-electron chi connectivity index (χ1n) is 8.91. The minimum atomic E-state index is -0.971. The molecule has 3 heterocycles. The van der Waals surface area contributed by atoms with Crippen LogP contribution in [0.2, 0.25) is 0 Å². The minimum absolute atomic E-state index is 0.251. The van der Waals surface area contributed by atoms with E-state index < -0.39 is 5.97 Å². The highest BCUT2D eigenvalue weighted by Crippen LogP contribution is 2.29. The van der Waals surface area contributed by atoms with E-state index in [9.17, 15) is 4.79 Å². The molecule has 0 radical (unpaired) electrons. The summed E-state index contributed by atoms with van der Waals surface area (Å²) in [4.78, 5) is 20.2. The maximum atomic E-state index is 11.1. The molecule has 0 bridgehead atoms. The normalized spacial score (nSPS) is 10.8. The molecule has 4 rings (SSSR count). The van der Waals surface area contributed by atoms with Gasteiger partial charge in [0.25, 0.3) is 0 Å². The molecule has 0 amide bonds. The molecule has 0 aliphatic rings. The molecule has 3 aromatic heterocycles. The average molecular weight is 389 g/mol. The summed E-state index contributed by atoms with van der Waals surface area (Å²) in [6.07, 6.45) is 8.93. The van der Waals surface area contributed by atoms with Crippen LogP contribution in [-0.4, -0.2) is 47.1 Å². The maximum absolute atomic E-state index is 11.1. The summed E-state index contributed by atoms with van der Waals surface area (Å²) in [6, 6.07) is 7.82. The molecule has 1 aromatic carbocycles. The van der Waals surface area contributed by atoms with Crippen molar-refractivity contribution < 1.29 is 9.90 Å². The molecule has 0 saturated heterocycles. The van der Waals surface area contributed by atoms with Crippen molar-refractivity contribution in [1.82, 2.24) is 29.5 Å². The molecule has 146 valence electrons. The Labute approximate surface area is 166 Å². The summed E-state index contributed by atoms with van der Waals surface area (Å²) in [6.45, 7) is -0.251. The van der Waals surface area contributed by atoms with Crippen molar-refractivity contribution in [2.24, 2.45) is 14.1 Å². The quantitative estimate of drug-likeness (QED) is 0.521. The summed E-state index contributed by atoms with van der Waals surface area (Å²) in [5.41, 5.74) is 4.30. The molecule has 0 unspecified atom stereocenters. The monoisotopic (exact) mass is 389 g/mol. The molecular formula is C20H19N7O2.